The fourth-order valence-electron chi connectivity index (χ4n) is 2.58. The molecule has 0 aliphatic heterocycles. The number of nitrogens with one attached hydrogen (secondary N) is 2. The summed E-state index contributed by atoms with van der Waals surface area (Å²) < 4.78 is 1.95. The van der Waals surface area contributed by atoms with E-state index < -0.39 is 0 Å². The maximum atomic E-state index is 4.67. The van der Waals surface area contributed by atoms with Gasteiger partial charge in [0.2, 0.25) is 0 Å². The number of rotatable bonds is 6. The van der Waals surface area contributed by atoms with Gasteiger partial charge in [-0.15, -0.1) is 35.3 Å². The van der Waals surface area contributed by atoms with E-state index >= 15 is 0 Å². The van der Waals surface area contributed by atoms with Crippen LogP contribution in [0, 0.1) is 13.8 Å². The zero-order chi connectivity index (χ0) is 16.8. The van der Waals surface area contributed by atoms with Gasteiger partial charge in [-0.1, -0.05) is 6.07 Å². The second-order valence-corrected chi connectivity index (χ2v) is 6.83. The Kier molecular flexibility index (Phi) is 8.75. The lowest BCUT2D eigenvalue weighted by Crippen LogP contribution is -2.43. The van der Waals surface area contributed by atoms with Gasteiger partial charge in [0.05, 0.1) is 12.2 Å². The quantitative estimate of drug-likeness (QED) is 0.394. The van der Waals surface area contributed by atoms with Crippen molar-refractivity contribution in [3.63, 3.8) is 0 Å². The molecule has 0 fully saturated rings. The Morgan fingerprint density at radius 1 is 1.42 bits per heavy atom. The highest BCUT2D eigenvalue weighted by Crippen LogP contribution is 2.14. The molecular weight excluding hydrogens is 433 g/mol. The third-order valence-electron chi connectivity index (χ3n) is 3.87. The summed E-state index contributed by atoms with van der Waals surface area (Å²) in [5.41, 5.74) is 3.66. The molecule has 0 saturated carbocycles. The van der Waals surface area contributed by atoms with Crippen molar-refractivity contribution in [2.45, 2.75) is 46.7 Å². The summed E-state index contributed by atoms with van der Waals surface area (Å²) in [6, 6.07) is 4.47. The largest absolute Gasteiger partial charge is 0.357 e. The van der Waals surface area contributed by atoms with Gasteiger partial charge in [0.1, 0.15) is 0 Å². The van der Waals surface area contributed by atoms with Crippen molar-refractivity contribution in [3.8, 4) is 0 Å². The summed E-state index contributed by atoms with van der Waals surface area (Å²) in [6.07, 6.45) is 0.939. The summed E-state index contributed by atoms with van der Waals surface area (Å²) >= 11 is 1.74. The molecular formula is C17H28IN5S. The van der Waals surface area contributed by atoms with Gasteiger partial charge < -0.3 is 10.6 Å². The first-order valence-corrected chi connectivity index (χ1v) is 8.95. The lowest BCUT2D eigenvalue weighted by molar-refractivity contribution is 0.636. The van der Waals surface area contributed by atoms with Crippen LogP contribution in [0.25, 0.3) is 0 Å². The maximum Gasteiger partial charge on any atom is 0.191 e. The normalized spacial score (nSPS) is 12.6. The molecule has 2 N–H and O–H groups in total. The highest BCUT2D eigenvalue weighted by molar-refractivity contribution is 14.0. The Morgan fingerprint density at radius 2 is 2.17 bits per heavy atom. The Bertz CT molecular complexity index is 648. The smallest absolute Gasteiger partial charge is 0.191 e. The van der Waals surface area contributed by atoms with E-state index in [2.05, 4.69) is 65.9 Å². The fourth-order valence-corrected chi connectivity index (χ4v) is 3.21. The molecule has 0 aliphatic rings. The molecule has 0 radical (unpaired) electrons. The third-order valence-corrected chi connectivity index (χ3v) is 4.73. The molecule has 24 heavy (non-hydrogen) atoms. The number of nitrogens with zero attached hydrogens (tertiary/aromatic N) is 3. The van der Waals surface area contributed by atoms with Gasteiger partial charge in [0.25, 0.3) is 0 Å². The van der Waals surface area contributed by atoms with Crippen molar-refractivity contribution in [1.29, 1.82) is 0 Å². The van der Waals surface area contributed by atoms with E-state index in [0.717, 1.165) is 24.6 Å². The lowest BCUT2D eigenvalue weighted by Gasteiger charge is -2.18. The molecule has 0 aromatic carbocycles. The molecule has 134 valence electrons. The van der Waals surface area contributed by atoms with Crippen LogP contribution < -0.4 is 10.6 Å². The van der Waals surface area contributed by atoms with E-state index in [9.17, 15) is 0 Å². The number of guanidine groups is 1. The van der Waals surface area contributed by atoms with Gasteiger partial charge in [0, 0.05) is 30.2 Å². The first kappa shape index (κ1) is 21.0. The van der Waals surface area contributed by atoms with E-state index in [-0.39, 0.29) is 30.0 Å². The molecule has 2 heterocycles. The van der Waals surface area contributed by atoms with Crippen LogP contribution in [0.1, 0.15) is 35.7 Å². The van der Waals surface area contributed by atoms with E-state index in [1.807, 2.05) is 11.7 Å². The van der Waals surface area contributed by atoms with Gasteiger partial charge >= 0.3 is 0 Å². The summed E-state index contributed by atoms with van der Waals surface area (Å²) in [4.78, 5) is 5.94. The number of hydrogen-bond acceptors (Lipinski definition) is 3. The van der Waals surface area contributed by atoms with Crippen molar-refractivity contribution in [2.75, 3.05) is 6.54 Å². The van der Waals surface area contributed by atoms with Crippen molar-refractivity contribution >= 4 is 41.3 Å². The summed E-state index contributed by atoms with van der Waals surface area (Å²) in [5.74, 6) is 0.868. The Balaban J connectivity index is 0.00000288. The minimum Gasteiger partial charge on any atom is -0.357 e. The second-order valence-electron chi connectivity index (χ2n) is 5.80. The molecule has 0 spiro atoms. The van der Waals surface area contributed by atoms with E-state index in [4.69, 9.17) is 0 Å². The van der Waals surface area contributed by atoms with Crippen LogP contribution in [0.2, 0.25) is 0 Å². The van der Waals surface area contributed by atoms with Gasteiger partial charge in [-0.3, -0.25) is 4.68 Å². The Labute approximate surface area is 166 Å². The maximum absolute atomic E-state index is 4.67. The summed E-state index contributed by atoms with van der Waals surface area (Å²) in [7, 11) is 2.00. The standard InChI is InChI=1S/C17H27N5S.HI/c1-6-18-17(19-11-15-8-7-9-23-15)20-12(2)10-16-13(3)21-22(5)14(16)4;/h7-9,12H,6,10-11H2,1-5H3,(H2,18,19,20);1H. The van der Waals surface area contributed by atoms with Crippen LogP contribution in [0.3, 0.4) is 0 Å². The predicted octanol–water partition coefficient (Wildman–Crippen LogP) is 3.40. The molecule has 1 unspecified atom stereocenters. The number of hydrogen-bond donors (Lipinski definition) is 2. The van der Waals surface area contributed by atoms with Crippen molar-refractivity contribution in [1.82, 2.24) is 20.4 Å². The molecule has 1 atom stereocenters. The van der Waals surface area contributed by atoms with Crippen molar-refractivity contribution in [2.24, 2.45) is 12.0 Å². The highest BCUT2D eigenvalue weighted by Gasteiger charge is 2.13. The molecule has 0 saturated heterocycles. The number of halogens is 1. The number of aryl methyl sites for hydroxylation is 2. The molecule has 2 aromatic heterocycles. The minimum atomic E-state index is 0. The van der Waals surface area contributed by atoms with E-state index in [1.54, 1.807) is 11.3 Å². The zero-order valence-electron chi connectivity index (χ0n) is 15.1. The van der Waals surface area contributed by atoms with Gasteiger partial charge in [-0.2, -0.15) is 5.10 Å². The van der Waals surface area contributed by atoms with Crippen LogP contribution in [0.5, 0.6) is 0 Å². The first-order chi connectivity index (χ1) is 11.0. The van der Waals surface area contributed by atoms with Crippen LogP contribution >= 0.6 is 35.3 Å². The number of thiophene rings is 1. The molecule has 7 heteroatoms. The van der Waals surface area contributed by atoms with Crippen LogP contribution in [-0.2, 0) is 20.0 Å². The Morgan fingerprint density at radius 3 is 2.71 bits per heavy atom. The zero-order valence-corrected chi connectivity index (χ0v) is 18.2. The molecule has 0 amide bonds. The van der Waals surface area contributed by atoms with Gasteiger partial charge in [-0.05, 0) is 51.1 Å². The van der Waals surface area contributed by atoms with Crippen LogP contribution in [0.15, 0.2) is 22.5 Å². The van der Waals surface area contributed by atoms with E-state index in [1.165, 1.54) is 16.1 Å². The predicted molar refractivity (Wildman–Crippen MR) is 114 cm³/mol. The van der Waals surface area contributed by atoms with Crippen LogP contribution in [-0.4, -0.2) is 28.3 Å². The summed E-state index contributed by atoms with van der Waals surface area (Å²) in [5, 5.41) is 13.4. The highest BCUT2D eigenvalue weighted by atomic mass is 127. The monoisotopic (exact) mass is 461 g/mol. The molecule has 2 aromatic rings. The van der Waals surface area contributed by atoms with Crippen molar-refractivity contribution < 1.29 is 0 Å². The van der Waals surface area contributed by atoms with Crippen LogP contribution in [0.4, 0.5) is 0 Å². The average Bonchev–Trinajstić information content (AvgIpc) is 3.10. The van der Waals surface area contributed by atoms with Gasteiger partial charge in [-0.25, -0.2) is 4.99 Å². The summed E-state index contributed by atoms with van der Waals surface area (Å²) in [6.45, 7) is 10.0. The fraction of sp³-hybridized carbons (Fsp3) is 0.529. The SMILES string of the molecule is CCNC(=NCc1cccs1)NC(C)Cc1c(C)nn(C)c1C.I. The molecule has 0 aliphatic carbocycles. The average molecular weight is 461 g/mol. The molecule has 2 rings (SSSR count). The second kappa shape index (κ2) is 10.0. The molecule has 5 nitrogen and oxygen atoms in total. The molecule has 0 bridgehead atoms. The lowest BCUT2D eigenvalue weighted by atomic mass is 10.1. The number of aliphatic imine (C=N–C) groups is 1. The Hall–Kier alpha value is -1.09. The minimum absolute atomic E-state index is 0. The number of aromatic nitrogens is 2. The third kappa shape index (κ3) is 5.77. The topological polar surface area (TPSA) is 54.2 Å². The van der Waals surface area contributed by atoms with Crippen molar-refractivity contribution in [3.05, 3.63) is 39.3 Å². The first-order valence-electron chi connectivity index (χ1n) is 8.07. The van der Waals surface area contributed by atoms with E-state index in [0.29, 0.717) is 6.54 Å². The van der Waals surface area contributed by atoms with Gasteiger partial charge in [0.15, 0.2) is 5.96 Å².